The Balaban J connectivity index is 1.84. The van der Waals surface area contributed by atoms with Crippen molar-refractivity contribution in [2.24, 2.45) is 0 Å². The SMILES string of the molecule is C=CCn1nc(-c2ccccc2)c(OCc2ccccc2)c1-c1ccccc1. The first-order valence-electron chi connectivity index (χ1n) is 9.36. The maximum absolute atomic E-state index is 6.37. The molecule has 0 aliphatic rings. The van der Waals surface area contributed by atoms with Crippen molar-refractivity contribution in [1.29, 1.82) is 0 Å². The van der Waals surface area contributed by atoms with E-state index in [1.807, 2.05) is 65.4 Å². The molecule has 1 heterocycles. The first-order valence-corrected chi connectivity index (χ1v) is 9.36. The molecular weight excluding hydrogens is 344 g/mol. The zero-order valence-electron chi connectivity index (χ0n) is 15.7. The van der Waals surface area contributed by atoms with Crippen LogP contribution in [-0.4, -0.2) is 9.78 Å². The summed E-state index contributed by atoms with van der Waals surface area (Å²) < 4.78 is 8.34. The van der Waals surface area contributed by atoms with Gasteiger partial charge in [0.2, 0.25) is 0 Å². The number of aromatic nitrogens is 2. The Kier molecular flexibility index (Phi) is 5.34. The molecule has 3 nitrogen and oxygen atoms in total. The Bertz CT molecular complexity index is 1040. The van der Waals surface area contributed by atoms with Gasteiger partial charge >= 0.3 is 0 Å². The molecular formula is C25H22N2O. The number of allylic oxidation sites excluding steroid dienone is 1. The Morgan fingerprint density at radius 3 is 1.96 bits per heavy atom. The van der Waals surface area contributed by atoms with Gasteiger partial charge in [-0.25, -0.2) is 0 Å². The number of ether oxygens (including phenoxy) is 1. The molecule has 4 aromatic rings. The lowest BCUT2D eigenvalue weighted by molar-refractivity contribution is 0.308. The minimum Gasteiger partial charge on any atom is -0.484 e. The number of benzene rings is 3. The number of hydrogen-bond donors (Lipinski definition) is 0. The van der Waals surface area contributed by atoms with Crippen molar-refractivity contribution < 1.29 is 4.74 Å². The van der Waals surface area contributed by atoms with Crippen LogP contribution in [0.3, 0.4) is 0 Å². The Morgan fingerprint density at radius 2 is 1.36 bits per heavy atom. The number of hydrogen-bond acceptors (Lipinski definition) is 2. The summed E-state index contributed by atoms with van der Waals surface area (Å²) in [6, 6.07) is 30.6. The topological polar surface area (TPSA) is 27.1 Å². The van der Waals surface area contributed by atoms with Gasteiger partial charge < -0.3 is 4.74 Å². The number of rotatable bonds is 7. The van der Waals surface area contributed by atoms with Crippen LogP contribution in [0.15, 0.2) is 104 Å². The summed E-state index contributed by atoms with van der Waals surface area (Å²) in [5.41, 5.74) is 5.04. The third-order valence-electron chi connectivity index (χ3n) is 4.53. The third kappa shape index (κ3) is 3.74. The number of nitrogens with zero attached hydrogens (tertiary/aromatic N) is 2. The van der Waals surface area contributed by atoms with Gasteiger partial charge in [-0.1, -0.05) is 97.1 Å². The van der Waals surface area contributed by atoms with Crippen LogP contribution in [0, 0.1) is 0 Å². The lowest BCUT2D eigenvalue weighted by Crippen LogP contribution is -2.01. The second-order valence-corrected chi connectivity index (χ2v) is 6.50. The van der Waals surface area contributed by atoms with Crippen molar-refractivity contribution in [3.8, 4) is 28.3 Å². The van der Waals surface area contributed by atoms with E-state index in [0.29, 0.717) is 13.2 Å². The van der Waals surface area contributed by atoms with Crippen LogP contribution in [0.5, 0.6) is 5.75 Å². The average Bonchev–Trinajstić information content (AvgIpc) is 3.12. The molecule has 4 rings (SSSR count). The molecule has 1 aromatic heterocycles. The fourth-order valence-electron chi connectivity index (χ4n) is 3.23. The zero-order valence-corrected chi connectivity index (χ0v) is 15.7. The second-order valence-electron chi connectivity index (χ2n) is 6.50. The fraction of sp³-hybridized carbons (Fsp3) is 0.0800. The van der Waals surface area contributed by atoms with Crippen molar-refractivity contribution in [3.63, 3.8) is 0 Å². The highest BCUT2D eigenvalue weighted by molar-refractivity contribution is 5.78. The van der Waals surface area contributed by atoms with E-state index in [0.717, 1.165) is 33.8 Å². The van der Waals surface area contributed by atoms with Crippen LogP contribution < -0.4 is 4.74 Å². The minimum absolute atomic E-state index is 0.486. The van der Waals surface area contributed by atoms with Crippen LogP contribution in [0.4, 0.5) is 0 Å². The first kappa shape index (κ1) is 17.8. The van der Waals surface area contributed by atoms with Crippen LogP contribution in [0.2, 0.25) is 0 Å². The van der Waals surface area contributed by atoms with Gasteiger partial charge in [0.25, 0.3) is 0 Å². The van der Waals surface area contributed by atoms with Crippen molar-refractivity contribution in [2.45, 2.75) is 13.2 Å². The van der Waals surface area contributed by atoms with Crippen LogP contribution in [0.25, 0.3) is 22.5 Å². The van der Waals surface area contributed by atoms with Gasteiger partial charge in [-0.3, -0.25) is 4.68 Å². The smallest absolute Gasteiger partial charge is 0.173 e. The Hall–Kier alpha value is -3.59. The van der Waals surface area contributed by atoms with Crippen molar-refractivity contribution in [3.05, 3.63) is 109 Å². The molecule has 0 spiro atoms. The summed E-state index contributed by atoms with van der Waals surface area (Å²) in [6.45, 7) is 4.99. The van der Waals surface area contributed by atoms with Crippen LogP contribution in [-0.2, 0) is 13.2 Å². The van der Waals surface area contributed by atoms with E-state index in [4.69, 9.17) is 9.84 Å². The predicted molar refractivity (Wildman–Crippen MR) is 114 cm³/mol. The summed E-state index contributed by atoms with van der Waals surface area (Å²) in [5, 5.41) is 4.88. The fourth-order valence-corrected chi connectivity index (χ4v) is 3.23. The van der Waals surface area contributed by atoms with Crippen LogP contribution in [0.1, 0.15) is 5.56 Å². The van der Waals surface area contributed by atoms with Crippen molar-refractivity contribution in [2.75, 3.05) is 0 Å². The maximum atomic E-state index is 6.37. The zero-order chi connectivity index (χ0) is 19.2. The molecule has 28 heavy (non-hydrogen) atoms. The average molecular weight is 366 g/mol. The summed E-state index contributed by atoms with van der Waals surface area (Å²) >= 11 is 0. The summed E-state index contributed by atoms with van der Waals surface area (Å²) in [6.07, 6.45) is 1.86. The first-order chi connectivity index (χ1) is 13.9. The van der Waals surface area contributed by atoms with Gasteiger partial charge in [0.1, 0.15) is 18.0 Å². The highest BCUT2D eigenvalue weighted by atomic mass is 16.5. The molecule has 0 saturated heterocycles. The summed E-state index contributed by atoms with van der Waals surface area (Å²) in [7, 11) is 0. The molecule has 3 aromatic carbocycles. The van der Waals surface area contributed by atoms with E-state index in [9.17, 15) is 0 Å². The van der Waals surface area contributed by atoms with Crippen molar-refractivity contribution >= 4 is 0 Å². The van der Waals surface area contributed by atoms with Gasteiger partial charge in [0.15, 0.2) is 5.75 Å². The molecule has 3 heteroatoms. The van der Waals surface area contributed by atoms with E-state index in [1.54, 1.807) is 0 Å². The molecule has 0 bridgehead atoms. The molecule has 0 radical (unpaired) electrons. The summed E-state index contributed by atoms with van der Waals surface area (Å²) in [5.74, 6) is 0.795. The molecule has 0 N–H and O–H groups in total. The Labute approximate surface area is 165 Å². The highest BCUT2D eigenvalue weighted by Crippen LogP contribution is 2.39. The Morgan fingerprint density at radius 1 is 0.786 bits per heavy atom. The molecule has 0 amide bonds. The lowest BCUT2D eigenvalue weighted by atomic mass is 10.1. The summed E-state index contributed by atoms with van der Waals surface area (Å²) in [4.78, 5) is 0. The second kappa shape index (κ2) is 8.40. The normalized spacial score (nSPS) is 10.6. The van der Waals surface area contributed by atoms with Gasteiger partial charge in [-0.05, 0) is 5.56 Å². The molecule has 0 aliphatic carbocycles. The van der Waals surface area contributed by atoms with E-state index >= 15 is 0 Å². The van der Waals surface area contributed by atoms with Crippen molar-refractivity contribution in [1.82, 2.24) is 9.78 Å². The van der Waals surface area contributed by atoms with Gasteiger partial charge in [-0.2, -0.15) is 5.10 Å². The molecule has 0 saturated carbocycles. The quantitative estimate of drug-likeness (QED) is 0.376. The molecule has 138 valence electrons. The van der Waals surface area contributed by atoms with Crippen LogP contribution >= 0.6 is 0 Å². The van der Waals surface area contributed by atoms with E-state index in [1.165, 1.54) is 0 Å². The largest absolute Gasteiger partial charge is 0.484 e. The maximum Gasteiger partial charge on any atom is 0.173 e. The van der Waals surface area contributed by atoms with E-state index in [-0.39, 0.29) is 0 Å². The predicted octanol–water partition coefficient (Wildman–Crippen LogP) is 5.98. The molecule has 0 unspecified atom stereocenters. The lowest BCUT2D eigenvalue weighted by Gasteiger charge is -2.11. The molecule has 0 fully saturated rings. The minimum atomic E-state index is 0.486. The third-order valence-corrected chi connectivity index (χ3v) is 4.53. The van der Waals surface area contributed by atoms with Gasteiger partial charge in [0.05, 0.1) is 6.54 Å². The van der Waals surface area contributed by atoms with Gasteiger partial charge in [0, 0.05) is 11.1 Å². The van der Waals surface area contributed by atoms with E-state index < -0.39 is 0 Å². The highest BCUT2D eigenvalue weighted by Gasteiger charge is 2.21. The standard InChI is InChI=1S/C25H22N2O/c1-2-18-27-24(22-16-10-5-11-17-22)25(28-19-20-12-6-3-7-13-20)23(26-27)21-14-8-4-9-15-21/h2-17H,1,18-19H2. The molecule has 0 atom stereocenters. The van der Waals surface area contributed by atoms with E-state index in [2.05, 4.69) is 43.0 Å². The molecule has 0 aliphatic heterocycles. The van der Waals surface area contributed by atoms with Gasteiger partial charge in [-0.15, -0.1) is 6.58 Å². The monoisotopic (exact) mass is 366 g/mol.